The van der Waals surface area contributed by atoms with Gasteiger partial charge in [0.25, 0.3) is 11.1 Å². The molecule has 0 aliphatic rings. The Morgan fingerprint density at radius 2 is 1.42 bits per heavy atom. The van der Waals surface area contributed by atoms with Crippen molar-refractivity contribution in [3.05, 3.63) is 95.0 Å². The van der Waals surface area contributed by atoms with Crippen LogP contribution in [0.4, 0.5) is 0 Å². The van der Waals surface area contributed by atoms with Crippen LogP contribution in [0.2, 0.25) is 10.0 Å². The van der Waals surface area contributed by atoms with E-state index in [0.717, 1.165) is 24.3 Å². The number of benzene rings is 2. The zero-order valence-corrected chi connectivity index (χ0v) is 18.8. The molecule has 0 spiro atoms. The molecule has 0 bridgehead atoms. The molecule has 0 unspecified atom stereocenters. The molecule has 162 valence electrons. The van der Waals surface area contributed by atoms with Gasteiger partial charge in [-0.15, -0.1) is 0 Å². The summed E-state index contributed by atoms with van der Waals surface area (Å²) in [6.07, 6.45) is 4.06. The van der Waals surface area contributed by atoms with Crippen LogP contribution >= 0.6 is 23.2 Å². The van der Waals surface area contributed by atoms with E-state index in [2.05, 4.69) is 14.9 Å². The first-order valence-electron chi connectivity index (χ1n) is 9.70. The molecule has 3 aromatic rings. The summed E-state index contributed by atoms with van der Waals surface area (Å²) in [5, 5.41) is 1.15. The lowest BCUT2D eigenvalue weighted by Gasteiger charge is -2.10. The van der Waals surface area contributed by atoms with Crippen LogP contribution < -0.4 is 26.6 Å². The van der Waals surface area contributed by atoms with Gasteiger partial charge in [-0.05, 0) is 74.1 Å². The summed E-state index contributed by atoms with van der Waals surface area (Å²) in [5.74, 6) is 0.753. The lowest BCUT2D eigenvalue weighted by Crippen LogP contribution is -2.46. The average Bonchev–Trinajstić information content (AvgIpc) is 2.69. The molecule has 0 aliphatic carbocycles. The number of ether oxygens (including phenoxy) is 1. The fourth-order valence-corrected chi connectivity index (χ4v) is 3.46. The van der Waals surface area contributed by atoms with E-state index in [4.69, 9.17) is 27.9 Å². The van der Waals surface area contributed by atoms with Crippen LogP contribution in [0, 0.1) is 0 Å². The molecule has 2 N–H and O–H groups in total. The summed E-state index contributed by atoms with van der Waals surface area (Å²) in [7, 11) is 4.04. The molecule has 0 atom stereocenters. The van der Waals surface area contributed by atoms with Crippen LogP contribution in [0.3, 0.4) is 0 Å². The minimum atomic E-state index is -0.428. The van der Waals surface area contributed by atoms with Gasteiger partial charge in [0, 0.05) is 16.6 Å². The third-order valence-electron chi connectivity index (χ3n) is 4.39. The van der Waals surface area contributed by atoms with E-state index in [9.17, 15) is 9.59 Å². The normalized spacial score (nSPS) is 12.5. The van der Waals surface area contributed by atoms with Crippen LogP contribution in [0.1, 0.15) is 17.5 Å². The highest BCUT2D eigenvalue weighted by atomic mass is 35.5. The van der Waals surface area contributed by atoms with Crippen molar-refractivity contribution >= 4 is 35.4 Å². The van der Waals surface area contributed by atoms with Crippen molar-refractivity contribution in [1.29, 1.82) is 0 Å². The fraction of sp³-hybridized carbons (Fsp3) is 0.217. The van der Waals surface area contributed by atoms with Gasteiger partial charge in [-0.1, -0.05) is 35.3 Å². The minimum absolute atomic E-state index is 0.113. The second kappa shape index (κ2) is 10.5. The molecule has 3 rings (SSSR count). The van der Waals surface area contributed by atoms with Crippen LogP contribution in [0.5, 0.6) is 5.75 Å². The standard InChI is InChI=1S/C23H23Cl2N3O3/c1-28(2)8-3-9-31-19-6-4-15(5-7-19)12-20-22(29)27-21(23(30)26-20)13-16-10-17(24)14-18(25)11-16/h4-7,10-14H,3,8-9H2,1-2H3,(H,26,30)(H,27,29). The highest BCUT2D eigenvalue weighted by Crippen LogP contribution is 2.19. The van der Waals surface area contributed by atoms with Crippen molar-refractivity contribution in [2.45, 2.75) is 6.42 Å². The highest BCUT2D eigenvalue weighted by Gasteiger charge is 2.00. The van der Waals surface area contributed by atoms with E-state index in [1.807, 2.05) is 38.4 Å². The molecule has 1 heterocycles. The van der Waals surface area contributed by atoms with E-state index in [0.29, 0.717) is 22.2 Å². The molecular weight excluding hydrogens is 437 g/mol. The maximum atomic E-state index is 12.5. The summed E-state index contributed by atoms with van der Waals surface area (Å²) in [5.41, 5.74) is 0.530. The van der Waals surface area contributed by atoms with E-state index in [1.54, 1.807) is 24.3 Å². The van der Waals surface area contributed by atoms with E-state index >= 15 is 0 Å². The molecule has 0 saturated heterocycles. The largest absolute Gasteiger partial charge is 0.494 e. The van der Waals surface area contributed by atoms with Crippen molar-refractivity contribution in [1.82, 2.24) is 14.9 Å². The number of aromatic amines is 2. The Labute approximate surface area is 189 Å². The van der Waals surface area contributed by atoms with E-state index in [1.165, 1.54) is 6.08 Å². The van der Waals surface area contributed by atoms with Crippen molar-refractivity contribution in [3.63, 3.8) is 0 Å². The quantitative estimate of drug-likeness (QED) is 0.531. The van der Waals surface area contributed by atoms with Gasteiger partial charge in [-0.3, -0.25) is 9.59 Å². The lowest BCUT2D eigenvalue weighted by atomic mass is 10.2. The summed E-state index contributed by atoms with van der Waals surface area (Å²) in [4.78, 5) is 32.2. The second-order valence-electron chi connectivity index (χ2n) is 7.30. The molecule has 0 fully saturated rings. The van der Waals surface area contributed by atoms with Crippen LogP contribution in [0.25, 0.3) is 12.2 Å². The van der Waals surface area contributed by atoms with Crippen molar-refractivity contribution in [3.8, 4) is 5.75 Å². The number of nitrogens with one attached hydrogen (secondary N) is 2. The zero-order chi connectivity index (χ0) is 22.4. The first-order valence-corrected chi connectivity index (χ1v) is 10.5. The third kappa shape index (κ3) is 6.85. The third-order valence-corrected chi connectivity index (χ3v) is 4.83. The van der Waals surface area contributed by atoms with Gasteiger partial charge in [0.1, 0.15) is 16.4 Å². The molecule has 0 aliphatic heterocycles. The summed E-state index contributed by atoms with van der Waals surface area (Å²) < 4.78 is 5.70. The molecule has 2 aromatic carbocycles. The van der Waals surface area contributed by atoms with Crippen LogP contribution in [-0.4, -0.2) is 42.1 Å². The number of halogens is 2. The molecule has 0 amide bonds. The van der Waals surface area contributed by atoms with Crippen LogP contribution in [0.15, 0.2) is 52.1 Å². The number of hydrogen-bond acceptors (Lipinski definition) is 4. The number of aromatic nitrogens is 2. The van der Waals surface area contributed by atoms with Gasteiger partial charge >= 0.3 is 0 Å². The fourth-order valence-electron chi connectivity index (χ4n) is 2.92. The molecular formula is C23H23Cl2N3O3. The summed E-state index contributed by atoms with van der Waals surface area (Å²) >= 11 is 12.0. The smallest absolute Gasteiger partial charge is 0.272 e. The van der Waals surface area contributed by atoms with Crippen molar-refractivity contribution < 1.29 is 4.74 Å². The molecule has 1 aromatic heterocycles. The maximum absolute atomic E-state index is 12.5. The van der Waals surface area contributed by atoms with Gasteiger partial charge in [-0.25, -0.2) is 0 Å². The van der Waals surface area contributed by atoms with Gasteiger partial charge in [0.05, 0.1) is 6.61 Å². The SMILES string of the molecule is CN(C)CCCOc1ccc(C=c2[nH]c(=O)c(=Cc3cc(Cl)cc(Cl)c3)[nH]c2=O)cc1. The van der Waals surface area contributed by atoms with Gasteiger partial charge < -0.3 is 19.6 Å². The Morgan fingerprint density at radius 1 is 0.871 bits per heavy atom. The second-order valence-corrected chi connectivity index (χ2v) is 8.17. The number of H-pyrrole nitrogens is 2. The zero-order valence-electron chi connectivity index (χ0n) is 17.2. The number of hydrogen-bond donors (Lipinski definition) is 2. The number of rotatable bonds is 7. The van der Waals surface area contributed by atoms with Gasteiger partial charge in [0.2, 0.25) is 0 Å². The topological polar surface area (TPSA) is 78.2 Å². The Kier molecular flexibility index (Phi) is 7.74. The van der Waals surface area contributed by atoms with Crippen molar-refractivity contribution in [2.24, 2.45) is 0 Å². The van der Waals surface area contributed by atoms with Crippen molar-refractivity contribution in [2.75, 3.05) is 27.2 Å². The lowest BCUT2D eigenvalue weighted by molar-refractivity contribution is 0.281. The molecule has 31 heavy (non-hydrogen) atoms. The predicted molar refractivity (Wildman–Crippen MR) is 126 cm³/mol. The number of nitrogens with zero attached hydrogens (tertiary/aromatic N) is 1. The average molecular weight is 460 g/mol. The predicted octanol–water partition coefficient (Wildman–Crippen LogP) is 2.36. The molecule has 8 heteroatoms. The first-order chi connectivity index (χ1) is 14.8. The van der Waals surface area contributed by atoms with Gasteiger partial charge in [0.15, 0.2) is 0 Å². The Balaban J connectivity index is 1.82. The Morgan fingerprint density at radius 3 is 1.97 bits per heavy atom. The Hall–Kier alpha value is -2.80. The monoisotopic (exact) mass is 459 g/mol. The minimum Gasteiger partial charge on any atom is -0.494 e. The van der Waals surface area contributed by atoms with E-state index < -0.39 is 11.1 Å². The molecule has 6 nitrogen and oxygen atoms in total. The Bertz CT molecular complexity index is 1260. The van der Waals surface area contributed by atoms with Gasteiger partial charge in [-0.2, -0.15) is 0 Å². The highest BCUT2D eigenvalue weighted by molar-refractivity contribution is 6.34. The summed E-state index contributed by atoms with van der Waals surface area (Å²) in [6, 6.07) is 12.2. The molecule has 0 saturated carbocycles. The van der Waals surface area contributed by atoms with E-state index in [-0.39, 0.29) is 10.7 Å². The maximum Gasteiger partial charge on any atom is 0.272 e. The van der Waals surface area contributed by atoms with Crippen LogP contribution in [-0.2, 0) is 0 Å². The summed E-state index contributed by atoms with van der Waals surface area (Å²) in [6.45, 7) is 1.59. The molecule has 0 radical (unpaired) electrons. The first kappa shape index (κ1) is 22.9.